The molecule has 1 aliphatic heterocycles. The molecule has 0 aromatic carbocycles. The maximum absolute atomic E-state index is 12.5. The Morgan fingerprint density at radius 3 is 2.77 bits per heavy atom. The molecule has 1 amide bonds. The second kappa shape index (κ2) is 7.37. The Balaban J connectivity index is 1.57. The van der Waals surface area contributed by atoms with Crippen LogP contribution in [0.1, 0.15) is 33.3 Å². The Bertz CT molecular complexity index is 1110. The van der Waals surface area contributed by atoms with E-state index in [9.17, 15) is 10.1 Å². The molecule has 0 spiro atoms. The van der Waals surface area contributed by atoms with Crippen molar-refractivity contribution in [2.24, 2.45) is 0 Å². The van der Waals surface area contributed by atoms with Crippen molar-refractivity contribution < 1.29 is 13.9 Å². The van der Waals surface area contributed by atoms with E-state index < -0.39 is 5.60 Å². The van der Waals surface area contributed by atoms with Gasteiger partial charge in [0.05, 0.1) is 6.26 Å². The quantitative estimate of drug-likeness (QED) is 0.641. The van der Waals surface area contributed by atoms with E-state index in [4.69, 9.17) is 14.1 Å². The molecule has 0 radical (unpaired) electrons. The highest BCUT2D eigenvalue weighted by Crippen LogP contribution is 2.27. The van der Waals surface area contributed by atoms with Gasteiger partial charge >= 0.3 is 6.09 Å². The number of ether oxygens (including phenoxy) is 1. The minimum absolute atomic E-state index is 0.0364. The van der Waals surface area contributed by atoms with E-state index in [2.05, 4.69) is 16.1 Å². The van der Waals surface area contributed by atoms with E-state index in [1.165, 1.54) is 0 Å². The molecule has 0 unspecified atom stereocenters. The molecule has 9 nitrogen and oxygen atoms in total. The van der Waals surface area contributed by atoms with E-state index in [1.54, 1.807) is 34.0 Å². The lowest BCUT2D eigenvalue weighted by molar-refractivity contribution is 0.0158. The smallest absolute Gasteiger partial charge is 0.410 e. The Morgan fingerprint density at radius 1 is 1.33 bits per heavy atom. The first-order chi connectivity index (χ1) is 14.3. The van der Waals surface area contributed by atoms with Gasteiger partial charge in [0, 0.05) is 31.9 Å². The van der Waals surface area contributed by atoms with Crippen LogP contribution in [0.15, 0.2) is 35.1 Å². The summed E-state index contributed by atoms with van der Waals surface area (Å²) >= 11 is 0. The fraction of sp³-hybridized carbons (Fsp3) is 0.429. The van der Waals surface area contributed by atoms with Crippen molar-refractivity contribution in [1.82, 2.24) is 19.5 Å². The number of furan rings is 1. The average Bonchev–Trinajstić information content (AvgIpc) is 3.33. The van der Waals surface area contributed by atoms with Gasteiger partial charge in [-0.1, -0.05) is 0 Å². The van der Waals surface area contributed by atoms with Crippen molar-refractivity contribution in [3.8, 4) is 17.5 Å². The molecule has 3 aromatic heterocycles. The SMILES string of the molecule is C[C@@H]1CN(c2ccn3nc(-c4ccco4)c(C#N)c3n2)CCN1C(=O)OC(C)(C)C. The van der Waals surface area contributed by atoms with E-state index in [1.807, 2.05) is 33.8 Å². The van der Waals surface area contributed by atoms with Crippen LogP contribution in [-0.2, 0) is 4.74 Å². The predicted octanol–water partition coefficient (Wildman–Crippen LogP) is 3.31. The number of nitriles is 1. The molecule has 156 valence electrons. The number of anilines is 1. The molecule has 4 heterocycles. The summed E-state index contributed by atoms with van der Waals surface area (Å²) in [7, 11) is 0. The summed E-state index contributed by atoms with van der Waals surface area (Å²) in [6.07, 6.45) is 3.03. The maximum Gasteiger partial charge on any atom is 0.410 e. The fourth-order valence-corrected chi connectivity index (χ4v) is 3.54. The number of carbonyl (C=O) groups is 1. The number of hydrogen-bond acceptors (Lipinski definition) is 7. The molecular weight excluding hydrogens is 384 g/mol. The summed E-state index contributed by atoms with van der Waals surface area (Å²) in [5, 5.41) is 14.1. The van der Waals surface area contributed by atoms with Gasteiger partial charge in [-0.2, -0.15) is 10.4 Å². The molecular formula is C21H24N6O3. The topological polar surface area (TPSA) is 99.9 Å². The van der Waals surface area contributed by atoms with Crippen LogP contribution in [0.3, 0.4) is 0 Å². The molecule has 1 saturated heterocycles. The van der Waals surface area contributed by atoms with Crippen molar-refractivity contribution in [2.45, 2.75) is 39.3 Å². The fourth-order valence-electron chi connectivity index (χ4n) is 3.54. The van der Waals surface area contributed by atoms with Crippen LogP contribution in [0, 0.1) is 11.3 Å². The molecule has 30 heavy (non-hydrogen) atoms. The second-order valence-corrected chi connectivity index (χ2v) is 8.34. The summed E-state index contributed by atoms with van der Waals surface area (Å²) in [6.45, 7) is 9.34. The van der Waals surface area contributed by atoms with Gasteiger partial charge in [0.1, 0.15) is 28.7 Å². The van der Waals surface area contributed by atoms with Gasteiger partial charge in [0.15, 0.2) is 11.4 Å². The van der Waals surface area contributed by atoms with Gasteiger partial charge < -0.3 is 19.0 Å². The first-order valence-electron chi connectivity index (χ1n) is 9.85. The standard InChI is InChI=1S/C21H24N6O3/c1-14-13-25(9-10-26(14)20(28)30-21(2,3)4)17-7-8-27-19(23-17)15(12-22)18(24-27)16-6-5-11-29-16/h5-8,11,14H,9-10,13H2,1-4H3/t14-/m1/s1. The number of rotatable bonds is 2. The molecule has 4 rings (SSSR count). The van der Waals surface area contributed by atoms with Crippen LogP contribution in [0.2, 0.25) is 0 Å². The van der Waals surface area contributed by atoms with Crippen molar-refractivity contribution in [2.75, 3.05) is 24.5 Å². The molecule has 0 saturated carbocycles. The van der Waals surface area contributed by atoms with Crippen molar-refractivity contribution in [3.05, 3.63) is 36.2 Å². The summed E-state index contributed by atoms with van der Waals surface area (Å²) in [4.78, 5) is 21.0. The molecule has 1 aliphatic rings. The molecule has 3 aromatic rings. The zero-order chi connectivity index (χ0) is 21.5. The first kappa shape index (κ1) is 19.8. The molecule has 0 bridgehead atoms. The summed E-state index contributed by atoms with van der Waals surface area (Å²) in [5.41, 5.74) is 0.785. The van der Waals surface area contributed by atoms with Gasteiger partial charge in [0.25, 0.3) is 0 Å². The van der Waals surface area contributed by atoms with Gasteiger partial charge in [-0.25, -0.2) is 14.3 Å². The number of hydrogen-bond donors (Lipinski definition) is 0. The van der Waals surface area contributed by atoms with Crippen LogP contribution in [0.4, 0.5) is 10.6 Å². The minimum Gasteiger partial charge on any atom is -0.463 e. The molecule has 1 atom stereocenters. The zero-order valence-corrected chi connectivity index (χ0v) is 17.5. The third-order valence-corrected chi connectivity index (χ3v) is 4.92. The third-order valence-electron chi connectivity index (χ3n) is 4.92. The Labute approximate surface area is 174 Å². The predicted molar refractivity (Wildman–Crippen MR) is 110 cm³/mol. The summed E-state index contributed by atoms with van der Waals surface area (Å²) in [5.74, 6) is 1.26. The second-order valence-electron chi connectivity index (χ2n) is 8.34. The van der Waals surface area contributed by atoms with E-state index >= 15 is 0 Å². The normalized spacial score (nSPS) is 17.2. The number of carbonyl (C=O) groups excluding carboxylic acids is 1. The van der Waals surface area contributed by atoms with Crippen LogP contribution in [0.25, 0.3) is 17.1 Å². The van der Waals surface area contributed by atoms with Crippen molar-refractivity contribution in [3.63, 3.8) is 0 Å². The first-order valence-corrected chi connectivity index (χ1v) is 9.85. The monoisotopic (exact) mass is 408 g/mol. The zero-order valence-electron chi connectivity index (χ0n) is 17.5. The molecule has 0 N–H and O–H groups in total. The lowest BCUT2D eigenvalue weighted by atomic mass is 10.2. The van der Waals surface area contributed by atoms with Crippen molar-refractivity contribution in [1.29, 1.82) is 5.26 Å². The van der Waals surface area contributed by atoms with Gasteiger partial charge in [-0.3, -0.25) is 0 Å². The Morgan fingerprint density at radius 2 is 2.13 bits per heavy atom. The van der Waals surface area contributed by atoms with Crippen LogP contribution < -0.4 is 4.90 Å². The van der Waals surface area contributed by atoms with Crippen LogP contribution in [0.5, 0.6) is 0 Å². The highest BCUT2D eigenvalue weighted by molar-refractivity contribution is 5.73. The van der Waals surface area contributed by atoms with Crippen LogP contribution >= 0.6 is 0 Å². The Kier molecular flexibility index (Phi) is 4.86. The van der Waals surface area contributed by atoms with Gasteiger partial charge in [-0.05, 0) is 45.9 Å². The number of nitrogens with zero attached hydrogens (tertiary/aromatic N) is 6. The van der Waals surface area contributed by atoms with E-state index in [-0.39, 0.29) is 12.1 Å². The highest BCUT2D eigenvalue weighted by Gasteiger charge is 2.31. The van der Waals surface area contributed by atoms with E-state index in [0.29, 0.717) is 42.3 Å². The number of aromatic nitrogens is 3. The number of amides is 1. The minimum atomic E-state index is -0.526. The maximum atomic E-state index is 12.5. The van der Waals surface area contributed by atoms with Gasteiger partial charge in [-0.15, -0.1) is 0 Å². The molecule has 9 heteroatoms. The molecule has 0 aliphatic carbocycles. The Hall–Kier alpha value is -3.54. The lowest BCUT2D eigenvalue weighted by Crippen LogP contribution is -2.55. The average molecular weight is 408 g/mol. The summed E-state index contributed by atoms with van der Waals surface area (Å²) < 4.78 is 12.5. The highest BCUT2D eigenvalue weighted by atomic mass is 16.6. The largest absolute Gasteiger partial charge is 0.463 e. The lowest BCUT2D eigenvalue weighted by Gasteiger charge is -2.40. The van der Waals surface area contributed by atoms with Crippen LogP contribution in [-0.4, -0.2) is 56.9 Å². The van der Waals surface area contributed by atoms with E-state index in [0.717, 1.165) is 5.82 Å². The number of fused-ring (bicyclic) bond motifs is 1. The number of piperazine rings is 1. The third kappa shape index (κ3) is 3.68. The van der Waals surface area contributed by atoms with Crippen molar-refractivity contribution >= 4 is 17.6 Å². The van der Waals surface area contributed by atoms with Gasteiger partial charge in [0.2, 0.25) is 0 Å². The summed E-state index contributed by atoms with van der Waals surface area (Å²) in [6, 6.07) is 7.54. The molecule has 1 fully saturated rings.